The lowest BCUT2D eigenvalue weighted by atomic mass is 9.89. The first-order valence-corrected chi connectivity index (χ1v) is 7.57. The molecule has 17 heavy (non-hydrogen) atoms. The van der Waals surface area contributed by atoms with Crippen LogP contribution in [0.4, 0.5) is 0 Å². The third-order valence-electron chi connectivity index (χ3n) is 3.43. The van der Waals surface area contributed by atoms with Crippen LogP contribution in [0.3, 0.4) is 0 Å². The second-order valence-corrected chi connectivity index (χ2v) is 6.32. The van der Waals surface area contributed by atoms with Crippen molar-refractivity contribution in [2.45, 2.75) is 37.6 Å². The van der Waals surface area contributed by atoms with Crippen molar-refractivity contribution in [2.24, 2.45) is 5.92 Å². The molecular formula is C14H19BrClN. The minimum absolute atomic E-state index is 0.402. The van der Waals surface area contributed by atoms with Gasteiger partial charge in [-0.05, 0) is 43.4 Å². The average Bonchev–Trinajstić information content (AvgIpc) is 2.32. The molecule has 0 heterocycles. The number of hydrogen-bond acceptors (Lipinski definition) is 1. The lowest BCUT2D eigenvalue weighted by molar-refractivity contribution is 0.346. The maximum absolute atomic E-state index is 6.20. The van der Waals surface area contributed by atoms with E-state index in [1.165, 1.54) is 35.7 Å². The Bertz CT molecular complexity index is 356. The molecule has 1 N–H and O–H groups in total. The van der Waals surface area contributed by atoms with Gasteiger partial charge in [0.25, 0.3) is 0 Å². The Morgan fingerprint density at radius 3 is 2.88 bits per heavy atom. The Kier molecular flexibility index (Phi) is 5.33. The van der Waals surface area contributed by atoms with Crippen molar-refractivity contribution in [3.63, 3.8) is 0 Å². The van der Waals surface area contributed by atoms with E-state index in [4.69, 9.17) is 11.6 Å². The smallest absolute Gasteiger partial charge is 0.0339 e. The van der Waals surface area contributed by atoms with Crippen LogP contribution in [-0.4, -0.2) is 11.9 Å². The summed E-state index contributed by atoms with van der Waals surface area (Å²) in [7, 11) is 0. The average molecular weight is 317 g/mol. The van der Waals surface area contributed by atoms with E-state index in [1.807, 2.05) is 6.07 Å². The fraction of sp³-hybridized carbons (Fsp3) is 0.571. The number of rotatable bonds is 4. The van der Waals surface area contributed by atoms with Crippen molar-refractivity contribution in [3.05, 3.63) is 34.3 Å². The minimum atomic E-state index is 0.402. The van der Waals surface area contributed by atoms with Crippen LogP contribution in [0.2, 0.25) is 0 Å². The highest BCUT2D eigenvalue weighted by molar-refractivity contribution is 9.10. The summed E-state index contributed by atoms with van der Waals surface area (Å²) in [4.78, 5) is 0. The minimum Gasteiger partial charge on any atom is -0.312 e. The SMILES string of the molecule is ClC1CCCC(CNCc2ccccc2Br)C1. The number of alkyl halides is 1. The van der Waals surface area contributed by atoms with Crippen LogP contribution >= 0.6 is 27.5 Å². The van der Waals surface area contributed by atoms with Gasteiger partial charge in [-0.1, -0.05) is 40.5 Å². The van der Waals surface area contributed by atoms with Gasteiger partial charge in [-0.2, -0.15) is 0 Å². The van der Waals surface area contributed by atoms with Crippen LogP contribution in [0.1, 0.15) is 31.2 Å². The monoisotopic (exact) mass is 315 g/mol. The maximum atomic E-state index is 6.20. The van der Waals surface area contributed by atoms with Gasteiger partial charge < -0.3 is 5.32 Å². The summed E-state index contributed by atoms with van der Waals surface area (Å²) < 4.78 is 1.19. The van der Waals surface area contributed by atoms with Gasteiger partial charge in [0.1, 0.15) is 0 Å². The highest BCUT2D eigenvalue weighted by Crippen LogP contribution is 2.27. The quantitative estimate of drug-likeness (QED) is 0.815. The Hall–Kier alpha value is -0.0500. The third kappa shape index (κ3) is 4.27. The summed E-state index contributed by atoms with van der Waals surface area (Å²) in [5, 5.41) is 3.95. The Morgan fingerprint density at radius 1 is 1.29 bits per heavy atom. The third-order valence-corrected chi connectivity index (χ3v) is 4.60. The van der Waals surface area contributed by atoms with Gasteiger partial charge >= 0.3 is 0 Å². The van der Waals surface area contributed by atoms with Gasteiger partial charge in [0, 0.05) is 16.4 Å². The van der Waals surface area contributed by atoms with Gasteiger partial charge in [0.05, 0.1) is 0 Å². The lowest BCUT2D eigenvalue weighted by Gasteiger charge is -2.25. The van der Waals surface area contributed by atoms with E-state index in [0.717, 1.165) is 19.0 Å². The highest BCUT2D eigenvalue weighted by atomic mass is 79.9. The largest absolute Gasteiger partial charge is 0.312 e. The molecule has 1 aliphatic carbocycles. The first kappa shape index (κ1) is 13.4. The summed E-state index contributed by atoms with van der Waals surface area (Å²) in [5.74, 6) is 0.758. The summed E-state index contributed by atoms with van der Waals surface area (Å²) in [6.45, 7) is 2.02. The molecule has 2 atom stereocenters. The number of nitrogens with one attached hydrogen (secondary N) is 1. The van der Waals surface area contributed by atoms with Crippen molar-refractivity contribution in [1.29, 1.82) is 0 Å². The molecule has 0 aromatic heterocycles. The van der Waals surface area contributed by atoms with Crippen molar-refractivity contribution in [3.8, 4) is 0 Å². The van der Waals surface area contributed by atoms with Crippen LogP contribution in [0, 0.1) is 5.92 Å². The van der Waals surface area contributed by atoms with E-state index in [0.29, 0.717) is 5.38 Å². The van der Waals surface area contributed by atoms with Crippen molar-refractivity contribution in [1.82, 2.24) is 5.32 Å². The Labute approximate surface area is 117 Å². The van der Waals surface area contributed by atoms with Crippen LogP contribution in [0.25, 0.3) is 0 Å². The van der Waals surface area contributed by atoms with E-state index in [2.05, 4.69) is 39.4 Å². The highest BCUT2D eigenvalue weighted by Gasteiger charge is 2.19. The molecule has 94 valence electrons. The normalized spacial score (nSPS) is 24.8. The summed E-state index contributed by atoms with van der Waals surface area (Å²) in [6, 6.07) is 8.37. The number of halogens is 2. The van der Waals surface area contributed by atoms with E-state index in [1.54, 1.807) is 0 Å². The molecule has 1 aromatic carbocycles. The molecule has 1 saturated carbocycles. The maximum Gasteiger partial charge on any atom is 0.0339 e. The zero-order valence-electron chi connectivity index (χ0n) is 9.96. The fourth-order valence-corrected chi connectivity index (χ4v) is 3.29. The van der Waals surface area contributed by atoms with E-state index >= 15 is 0 Å². The predicted octanol–water partition coefficient (Wildman–Crippen LogP) is 4.34. The molecule has 1 aromatic rings. The second kappa shape index (κ2) is 6.77. The van der Waals surface area contributed by atoms with Crippen LogP contribution in [0.15, 0.2) is 28.7 Å². The molecule has 0 spiro atoms. The number of hydrogen-bond donors (Lipinski definition) is 1. The Balaban J connectivity index is 1.74. The molecule has 0 radical (unpaired) electrons. The molecule has 0 saturated heterocycles. The first-order valence-electron chi connectivity index (χ1n) is 6.34. The van der Waals surface area contributed by atoms with Crippen molar-refractivity contribution in [2.75, 3.05) is 6.54 Å². The van der Waals surface area contributed by atoms with Gasteiger partial charge in [-0.25, -0.2) is 0 Å². The van der Waals surface area contributed by atoms with Crippen molar-refractivity contribution < 1.29 is 0 Å². The zero-order valence-corrected chi connectivity index (χ0v) is 12.3. The van der Waals surface area contributed by atoms with Crippen LogP contribution in [0.5, 0.6) is 0 Å². The molecule has 1 nitrogen and oxygen atoms in total. The van der Waals surface area contributed by atoms with Crippen LogP contribution in [-0.2, 0) is 6.54 Å². The lowest BCUT2D eigenvalue weighted by Crippen LogP contribution is -2.27. The molecule has 2 rings (SSSR count). The molecule has 0 aliphatic heterocycles. The summed E-state index contributed by atoms with van der Waals surface area (Å²) >= 11 is 9.77. The van der Waals surface area contributed by atoms with Gasteiger partial charge in [-0.15, -0.1) is 11.6 Å². The molecule has 0 amide bonds. The van der Waals surface area contributed by atoms with E-state index in [-0.39, 0.29) is 0 Å². The van der Waals surface area contributed by atoms with Crippen LogP contribution < -0.4 is 5.32 Å². The summed E-state index contributed by atoms with van der Waals surface area (Å²) in [5.41, 5.74) is 1.32. The first-order chi connectivity index (χ1) is 8.25. The fourth-order valence-electron chi connectivity index (χ4n) is 2.46. The summed E-state index contributed by atoms with van der Waals surface area (Å²) in [6.07, 6.45) is 4.98. The standard InChI is InChI=1S/C14H19BrClN/c15-14-7-2-1-5-12(14)10-17-9-11-4-3-6-13(16)8-11/h1-2,5,7,11,13,17H,3-4,6,8-10H2. The Morgan fingerprint density at radius 2 is 2.12 bits per heavy atom. The van der Waals surface area contributed by atoms with E-state index < -0.39 is 0 Å². The molecule has 1 aliphatic rings. The van der Waals surface area contributed by atoms with Gasteiger partial charge in [-0.3, -0.25) is 0 Å². The molecule has 3 heteroatoms. The topological polar surface area (TPSA) is 12.0 Å². The molecule has 2 unspecified atom stereocenters. The van der Waals surface area contributed by atoms with E-state index in [9.17, 15) is 0 Å². The number of benzene rings is 1. The van der Waals surface area contributed by atoms with Crippen molar-refractivity contribution >= 4 is 27.5 Å². The second-order valence-electron chi connectivity index (χ2n) is 4.85. The molecule has 1 fully saturated rings. The van der Waals surface area contributed by atoms with Gasteiger partial charge in [0.15, 0.2) is 0 Å². The predicted molar refractivity (Wildman–Crippen MR) is 77.4 cm³/mol. The van der Waals surface area contributed by atoms with Gasteiger partial charge in [0.2, 0.25) is 0 Å². The molecule has 0 bridgehead atoms. The zero-order chi connectivity index (χ0) is 12.1. The molecular weight excluding hydrogens is 298 g/mol.